The number of fused-ring (bicyclic) bond motifs is 1. The van der Waals surface area contributed by atoms with E-state index < -0.39 is 0 Å². The number of allylic oxidation sites excluding steroid dienone is 1. The third-order valence-corrected chi connectivity index (χ3v) is 4.99. The highest BCUT2D eigenvalue weighted by Crippen LogP contribution is 2.41. The molecule has 0 atom stereocenters. The zero-order valence-electron chi connectivity index (χ0n) is 14.6. The fourth-order valence-electron chi connectivity index (χ4n) is 3.91. The van der Waals surface area contributed by atoms with Gasteiger partial charge in [0, 0.05) is 0 Å². The van der Waals surface area contributed by atoms with Crippen molar-refractivity contribution in [3.05, 3.63) is 64.2 Å². The minimum absolute atomic E-state index is 0.237. The van der Waals surface area contributed by atoms with Crippen molar-refractivity contribution >= 4 is 11.6 Å². The van der Waals surface area contributed by atoms with Crippen LogP contribution in [0.3, 0.4) is 0 Å². The van der Waals surface area contributed by atoms with E-state index in [2.05, 4.69) is 45.9 Å². The molecule has 120 valence electrons. The molecule has 0 saturated carbocycles. The zero-order valence-corrected chi connectivity index (χ0v) is 14.6. The Morgan fingerprint density at radius 3 is 2.52 bits per heavy atom. The predicted molar refractivity (Wildman–Crippen MR) is 98.8 cm³/mol. The SMILES string of the molecule is CC(=Cc1ccc(O)cc1)c1cc(C)cc2c1C(C)(C)CCC2. The maximum atomic E-state index is 9.45. The van der Waals surface area contributed by atoms with Gasteiger partial charge >= 0.3 is 0 Å². The molecule has 0 radical (unpaired) electrons. The Morgan fingerprint density at radius 2 is 1.83 bits per heavy atom. The lowest BCUT2D eigenvalue weighted by Crippen LogP contribution is -2.25. The van der Waals surface area contributed by atoms with E-state index in [1.54, 1.807) is 12.1 Å². The molecule has 2 aromatic carbocycles. The Balaban J connectivity index is 2.12. The van der Waals surface area contributed by atoms with Crippen molar-refractivity contribution in [2.75, 3.05) is 0 Å². The number of hydrogen-bond donors (Lipinski definition) is 1. The van der Waals surface area contributed by atoms with Gasteiger partial charge in [-0.1, -0.05) is 49.8 Å². The molecule has 0 fully saturated rings. The number of phenolic OH excluding ortho intramolecular Hbond substituents is 1. The van der Waals surface area contributed by atoms with E-state index in [1.807, 2.05) is 12.1 Å². The number of hydrogen-bond acceptors (Lipinski definition) is 1. The van der Waals surface area contributed by atoms with Crippen LogP contribution in [-0.4, -0.2) is 5.11 Å². The summed E-state index contributed by atoms with van der Waals surface area (Å²) in [6.45, 7) is 9.14. The summed E-state index contributed by atoms with van der Waals surface area (Å²) < 4.78 is 0. The fraction of sp³-hybridized carbons (Fsp3) is 0.364. The standard InChI is InChI=1S/C22H26O/c1-15-12-18-6-5-11-22(3,4)21(18)20(13-15)16(2)14-17-7-9-19(23)10-8-17/h7-10,12-14,23H,5-6,11H2,1-4H3. The molecule has 0 heterocycles. The summed E-state index contributed by atoms with van der Waals surface area (Å²) >= 11 is 0. The highest BCUT2D eigenvalue weighted by Gasteiger charge is 2.30. The van der Waals surface area contributed by atoms with Crippen LogP contribution in [0.5, 0.6) is 5.75 Å². The zero-order chi connectivity index (χ0) is 16.6. The first-order chi connectivity index (χ1) is 10.9. The van der Waals surface area contributed by atoms with Crippen LogP contribution < -0.4 is 0 Å². The molecule has 1 heteroatoms. The third kappa shape index (κ3) is 3.19. The van der Waals surface area contributed by atoms with Gasteiger partial charge in [-0.3, -0.25) is 0 Å². The average Bonchev–Trinajstić information content (AvgIpc) is 2.48. The monoisotopic (exact) mass is 306 g/mol. The molecule has 23 heavy (non-hydrogen) atoms. The first-order valence-electron chi connectivity index (χ1n) is 8.48. The molecule has 0 bridgehead atoms. The van der Waals surface area contributed by atoms with Gasteiger partial charge in [0.05, 0.1) is 0 Å². The lowest BCUT2D eigenvalue weighted by molar-refractivity contribution is 0.431. The maximum Gasteiger partial charge on any atom is 0.115 e. The Labute approximate surface area is 139 Å². The van der Waals surface area contributed by atoms with Crippen molar-refractivity contribution in [2.45, 2.75) is 52.4 Å². The van der Waals surface area contributed by atoms with Gasteiger partial charge < -0.3 is 5.11 Å². The van der Waals surface area contributed by atoms with Crippen molar-refractivity contribution in [3.63, 3.8) is 0 Å². The molecule has 3 rings (SSSR count). The van der Waals surface area contributed by atoms with Crippen molar-refractivity contribution < 1.29 is 5.11 Å². The van der Waals surface area contributed by atoms with E-state index in [4.69, 9.17) is 0 Å². The summed E-state index contributed by atoms with van der Waals surface area (Å²) in [5.41, 5.74) is 8.44. The number of aromatic hydroxyl groups is 1. The summed E-state index contributed by atoms with van der Waals surface area (Å²) in [5.74, 6) is 0.314. The van der Waals surface area contributed by atoms with Crippen LogP contribution in [0, 0.1) is 6.92 Å². The van der Waals surface area contributed by atoms with Crippen LogP contribution in [0.1, 0.15) is 61.4 Å². The Morgan fingerprint density at radius 1 is 1.13 bits per heavy atom. The number of phenols is 1. The van der Waals surface area contributed by atoms with Gasteiger partial charge in [0.25, 0.3) is 0 Å². The summed E-state index contributed by atoms with van der Waals surface area (Å²) in [7, 11) is 0. The minimum atomic E-state index is 0.237. The molecular formula is C22H26O. The maximum absolute atomic E-state index is 9.45. The van der Waals surface area contributed by atoms with Crippen LogP contribution >= 0.6 is 0 Å². The van der Waals surface area contributed by atoms with Gasteiger partial charge in [0.2, 0.25) is 0 Å². The van der Waals surface area contributed by atoms with Crippen LogP contribution in [0.25, 0.3) is 11.6 Å². The van der Waals surface area contributed by atoms with E-state index >= 15 is 0 Å². The quantitative estimate of drug-likeness (QED) is 0.687. The van der Waals surface area contributed by atoms with Crippen LogP contribution in [0.2, 0.25) is 0 Å². The van der Waals surface area contributed by atoms with Gasteiger partial charge in [-0.15, -0.1) is 0 Å². The molecule has 1 aliphatic carbocycles. The molecule has 0 aromatic heterocycles. The smallest absolute Gasteiger partial charge is 0.115 e. The van der Waals surface area contributed by atoms with Gasteiger partial charge in [0.1, 0.15) is 5.75 Å². The van der Waals surface area contributed by atoms with E-state index in [0.29, 0.717) is 5.75 Å². The second kappa shape index (κ2) is 5.88. The van der Waals surface area contributed by atoms with Crippen LogP contribution in [0.4, 0.5) is 0 Å². The van der Waals surface area contributed by atoms with E-state index in [0.717, 1.165) is 5.56 Å². The predicted octanol–water partition coefficient (Wildman–Crippen LogP) is 5.88. The van der Waals surface area contributed by atoms with Gasteiger partial charge in [-0.2, -0.15) is 0 Å². The molecule has 2 aromatic rings. The van der Waals surface area contributed by atoms with E-state index in [1.165, 1.54) is 47.1 Å². The second-order valence-electron chi connectivity index (χ2n) is 7.50. The Hall–Kier alpha value is -2.02. The Bertz CT molecular complexity index is 748. The Kier molecular flexibility index (Phi) is 4.06. The first-order valence-corrected chi connectivity index (χ1v) is 8.48. The molecular weight excluding hydrogens is 280 g/mol. The lowest BCUT2D eigenvalue weighted by Gasteiger charge is -2.35. The summed E-state index contributed by atoms with van der Waals surface area (Å²) in [6.07, 6.45) is 5.95. The van der Waals surface area contributed by atoms with Gasteiger partial charge in [0.15, 0.2) is 0 Å². The number of rotatable bonds is 2. The van der Waals surface area contributed by atoms with E-state index in [9.17, 15) is 5.11 Å². The fourth-order valence-corrected chi connectivity index (χ4v) is 3.91. The molecule has 0 aliphatic heterocycles. The molecule has 0 unspecified atom stereocenters. The normalized spacial score (nSPS) is 17.0. The van der Waals surface area contributed by atoms with Crippen LogP contribution in [-0.2, 0) is 11.8 Å². The van der Waals surface area contributed by atoms with Gasteiger partial charge in [-0.05, 0) is 78.5 Å². The topological polar surface area (TPSA) is 20.2 Å². The highest BCUT2D eigenvalue weighted by molar-refractivity contribution is 5.83. The van der Waals surface area contributed by atoms with E-state index in [-0.39, 0.29) is 5.41 Å². The van der Waals surface area contributed by atoms with Gasteiger partial charge in [-0.25, -0.2) is 0 Å². The summed E-state index contributed by atoms with van der Waals surface area (Å²) in [6, 6.07) is 12.1. The van der Waals surface area contributed by atoms with Crippen molar-refractivity contribution in [3.8, 4) is 5.75 Å². The second-order valence-corrected chi connectivity index (χ2v) is 7.50. The molecule has 1 N–H and O–H groups in total. The molecule has 1 aliphatic rings. The number of aryl methyl sites for hydroxylation is 2. The number of benzene rings is 2. The van der Waals surface area contributed by atoms with Crippen molar-refractivity contribution in [2.24, 2.45) is 0 Å². The summed E-state index contributed by atoms with van der Waals surface area (Å²) in [4.78, 5) is 0. The summed E-state index contributed by atoms with van der Waals surface area (Å²) in [5, 5.41) is 9.45. The molecule has 0 amide bonds. The lowest BCUT2D eigenvalue weighted by atomic mass is 9.69. The molecule has 0 spiro atoms. The van der Waals surface area contributed by atoms with Crippen molar-refractivity contribution in [1.29, 1.82) is 0 Å². The van der Waals surface area contributed by atoms with Crippen molar-refractivity contribution in [1.82, 2.24) is 0 Å². The average molecular weight is 306 g/mol. The largest absolute Gasteiger partial charge is 0.508 e. The molecule has 0 saturated heterocycles. The molecule has 1 nitrogen and oxygen atoms in total. The third-order valence-electron chi connectivity index (χ3n) is 4.99. The highest BCUT2D eigenvalue weighted by atomic mass is 16.3. The minimum Gasteiger partial charge on any atom is -0.508 e. The van der Waals surface area contributed by atoms with Crippen LogP contribution in [0.15, 0.2) is 36.4 Å². The first kappa shape index (κ1) is 15.9.